The normalized spacial score (nSPS) is 34.9. The van der Waals surface area contributed by atoms with Crippen molar-refractivity contribution in [3.8, 4) is 17.2 Å². The predicted octanol–water partition coefficient (Wildman–Crippen LogP) is 12.1. The van der Waals surface area contributed by atoms with E-state index in [1.807, 2.05) is 32.9 Å². The molecule has 4 aliphatic heterocycles. The summed E-state index contributed by atoms with van der Waals surface area (Å²) < 4.78 is 84.0. The molecule has 2 fully saturated rings. The summed E-state index contributed by atoms with van der Waals surface area (Å²) in [7, 11) is -8.32. The van der Waals surface area contributed by atoms with E-state index >= 15 is 0 Å². The topological polar surface area (TPSA) is 181 Å². The van der Waals surface area contributed by atoms with Crippen LogP contribution in [0, 0.1) is 35.5 Å². The first kappa shape index (κ1) is 59.6. The van der Waals surface area contributed by atoms with E-state index in [4.69, 9.17) is 37.4 Å². The fraction of sp³-hybridized carbons (Fsp3) is 0.606. The molecule has 0 aromatic heterocycles. The van der Waals surface area contributed by atoms with Gasteiger partial charge in [-0.05, 0) is 230 Å². The number of carbonyl (C=O) groups excluding carboxylic acids is 2. The van der Waals surface area contributed by atoms with Gasteiger partial charge in [0.1, 0.15) is 11.4 Å². The maximum absolute atomic E-state index is 15.0. The molecule has 0 radical (unpaired) electrons. The van der Waals surface area contributed by atoms with Crippen molar-refractivity contribution in [2.75, 3.05) is 49.2 Å². The minimum absolute atomic E-state index is 0.00450. The highest BCUT2D eigenvalue weighted by molar-refractivity contribution is 7.91. The highest BCUT2D eigenvalue weighted by atomic mass is 35.5. The Morgan fingerprint density at radius 1 is 0.595 bits per heavy atom. The third-order valence-corrected chi connectivity index (χ3v) is 26.4. The van der Waals surface area contributed by atoms with Crippen molar-refractivity contribution in [2.24, 2.45) is 35.5 Å². The Labute approximate surface area is 507 Å². The third kappa shape index (κ3) is 11.1. The Balaban J connectivity index is 0.991. The molecule has 4 aromatic rings. The van der Waals surface area contributed by atoms with E-state index in [2.05, 4.69) is 50.4 Å². The molecule has 2 spiro atoms. The van der Waals surface area contributed by atoms with Gasteiger partial charge in [-0.25, -0.2) is 26.3 Å². The lowest BCUT2D eigenvalue weighted by Gasteiger charge is -2.51. The van der Waals surface area contributed by atoms with E-state index in [-0.39, 0.29) is 46.6 Å². The Bertz CT molecular complexity index is 3470. The molecule has 4 heterocycles. The number of hydrogen-bond acceptors (Lipinski definition) is 12. The van der Waals surface area contributed by atoms with Gasteiger partial charge in [-0.1, -0.05) is 55.6 Å². The number of nitrogens with one attached hydrogen (secondary N) is 2. The molecular weight excluding hydrogens is 1140 g/mol. The second kappa shape index (κ2) is 22.4. The van der Waals surface area contributed by atoms with E-state index in [1.54, 1.807) is 44.2 Å². The van der Waals surface area contributed by atoms with Crippen LogP contribution in [-0.4, -0.2) is 94.9 Å². The zero-order chi connectivity index (χ0) is 59.3. The number of aryl methyl sites for hydroxylation is 2. The van der Waals surface area contributed by atoms with E-state index in [1.165, 1.54) is 22.3 Å². The van der Waals surface area contributed by atoms with Gasteiger partial charge in [0, 0.05) is 64.1 Å². The fourth-order valence-electron chi connectivity index (χ4n) is 16.4. The number of aliphatic hydroxyl groups is 1. The van der Waals surface area contributed by atoms with E-state index in [9.17, 15) is 31.5 Å². The van der Waals surface area contributed by atoms with Gasteiger partial charge in [-0.15, -0.1) is 0 Å². The molecule has 4 aliphatic carbocycles. The second-order valence-corrected chi connectivity index (χ2v) is 32.4. The number of anilines is 2. The van der Waals surface area contributed by atoms with Gasteiger partial charge < -0.3 is 29.1 Å². The van der Waals surface area contributed by atoms with Gasteiger partial charge in [-0.2, -0.15) is 0 Å². The lowest BCUT2D eigenvalue weighted by molar-refractivity contribution is -0.0746. The molecule has 14 nitrogen and oxygen atoms in total. The first-order valence-corrected chi connectivity index (χ1v) is 34.9. The summed E-state index contributed by atoms with van der Waals surface area (Å²) in [6, 6.07) is 21.0. The first-order chi connectivity index (χ1) is 39.9. The molecule has 84 heavy (non-hydrogen) atoms. The minimum Gasteiger partial charge on any atom is -0.490 e. The molecule has 0 saturated heterocycles. The van der Waals surface area contributed by atoms with Gasteiger partial charge in [0.25, 0.3) is 11.8 Å². The summed E-state index contributed by atoms with van der Waals surface area (Å²) in [4.78, 5) is 33.8. The van der Waals surface area contributed by atoms with Gasteiger partial charge in [0.15, 0.2) is 11.5 Å². The largest absolute Gasteiger partial charge is 0.490 e. The zero-order valence-electron chi connectivity index (χ0n) is 49.6. The van der Waals surface area contributed by atoms with Crippen molar-refractivity contribution < 1.29 is 45.7 Å². The molecule has 3 N–H and O–H groups in total. The average Bonchev–Trinajstić information content (AvgIpc) is 3.92. The number of halogens is 2. The van der Waals surface area contributed by atoms with Crippen LogP contribution in [-0.2, 0) is 43.7 Å². The standard InChI is InChI=1S/C66H84Cl2N4O10S2/c1-40-11-7-25-63(5,75)52-20-15-47(52)34-72-37-66(28-10-14-45-30-51(68)19-23-55(45)66)39-81-60-57(72)32-49(62(74)70-84(78,79)42(40)3)33-59(60)82-64(6)26-8-12-41(2)43(4)83(76,77)69-61(73)46-17-24-58-56(31-46)71(35-48-16-21-53(48)64)36-65(38-80-58)27-9-13-44-29-50(67)18-22-54(44)65/h17-19,22-24,29-33,40-43,47-48,52-53,75H,7-16,20-21,25-28,34-39H2,1-6H3,(H,69,73)(H,70,74)/t40-,41-,42+,43+,47-,48-,52+,53+,63-,64+,65-,66-/m0/s1. The molecule has 4 bridgehead atoms. The average molecular weight is 1230 g/mol. The van der Waals surface area contributed by atoms with E-state index in [0.717, 1.165) is 69.9 Å². The minimum atomic E-state index is -4.19. The molecule has 4 aromatic carbocycles. The molecule has 2 saturated carbocycles. The number of hydrogen-bond donors (Lipinski definition) is 3. The Hall–Kier alpha value is -4.74. The van der Waals surface area contributed by atoms with Gasteiger partial charge in [0.05, 0.1) is 40.7 Å². The lowest BCUT2D eigenvalue weighted by Crippen LogP contribution is -2.54. The number of nitrogens with zero attached hydrogens (tertiary/aromatic N) is 2. The molecule has 2 amide bonds. The summed E-state index contributed by atoms with van der Waals surface area (Å²) in [6.07, 6.45) is 12.2. The van der Waals surface area contributed by atoms with E-state index < -0.39 is 64.4 Å². The predicted molar refractivity (Wildman–Crippen MR) is 330 cm³/mol. The van der Waals surface area contributed by atoms with Gasteiger partial charge in [0.2, 0.25) is 20.0 Å². The molecular formula is C66H84Cl2N4O10S2. The van der Waals surface area contributed by atoms with E-state index in [0.29, 0.717) is 111 Å². The number of amides is 2. The van der Waals surface area contributed by atoms with Crippen molar-refractivity contribution in [1.29, 1.82) is 0 Å². The summed E-state index contributed by atoms with van der Waals surface area (Å²) in [5, 5.41) is 11.9. The van der Waals surface area contributed by atoms with Gasteiger partial charge >= 0.3 is 0 Å². The number of ether oxygens (including phenoxy) is 3. The van der Waals surface area contributed by atoms with Crippen molar-refractivity contribution in [3.63, 3.8) is 0 Å². The smallest absolute Gasteiger partial charge is 0.264 e. The third-order valence-electron chi connectivity index (χ3n) is 22.1. The molecule has 454 valence electrons. The van der Waals surface area contributed by atoms with Crippen LogP contribution < -0.4 is 33.5 Å². The Morgan fingerprint density at radius 2 is 1.12 bits per heavy atom. The van der Waals surface area contributed by atoms with Crippen LogP contribution in [0.5, 0.6) is 17.2 Å². The maximum atomic E-state index is 15.0. The van der Waals surface area contributed by atoms with Crippen LogP contribution in [0.4, 0.5) is 11.4 Å². The molecule has 18 heteroatoms. The van der Waals surface area contributed by atoms with Crippen LogP contribution >= 0.6 is 23.2 Å². The highest BCUT2D eigenvalue weighted by Crippen LogP contribution is 2.55. The van der Waals surface area contributed by atoms with Crippen LogP contribution in [0.2, 0.25) is 10.0 Å². The van der Waals surface area contributed by atoms with Crippen LogP contribution in [0.15, 0.2) is 66.7 Å². The first-order valence-electron chi connectivity index (χ1n) is 31.1. The number of sulfonamides is 2. The lowest BCUT2D eigenvalue weighted by atomic mass is 9.63. The summed E-state index contributed by atoms with van der Waals surface area (Å²) in [6.45, 7) is 14.2. The SMILES string of the molecule is C[C@@H]1[C@@H](C)CCC[C@](C)(O)[C@@H]2CC[C@H]2CN2C[C@@]3(CCCc4cc(Cl)ccc43)COc3c(O[C@]4(C)CCC[C@H](C)[C@@H](C)S(=O)(=O)NC(=O)c5ccc6c(c5)N(C[C@@H]5CC[C@H]54)C[C@@]4(CCCc5cc(Cl)ccc54)CO6)cc(cc32)C(=O)NS1(=O)=O. The van der Waals surface area contributed by atoms with Crippen molar-refractivity contribution in [3.05, 3.63) is 110 Å². The van der Waals surface area contributed by atoms with Crippen molar-refractivity contribution >= 4 is 66.4 Å². The number of fused-ring (bicyclic) bond motifs is 8. The van der Waals surface area contributed by atoms with Crippen molar-refractivity contribution in [1.82, 2.24) is 9.44 Å². The highest BCUT2D eigenvalue weighted by Gasteiger charge is 2.52. The number of benzene rings is 4. The fourth-order valence-corrected chi connectivity index (χ4v) is 19.4. The number of rotatable bonds is 2. The quantitative estimate of drug-likeness (QED) is 0.173. The van der Waals surface area contributed by atoms with Gasteiger partial charge in [-0.3, -0.25) is 9.59 Å². The van der Waals surface area contributed by atoms with Crippen molar-refractivity contribution in [2.45, 2.75) is 177 Å². The molecule has 0 unspecified atom stereocenters. The number of carbonyl (C=O) groups is 2. The monoisotopic (exact) mass is 1230 g/mol. The van der Waals surface area contributed by atoms with Crippen LogP contribution in [0.25, 0.3) is 0 Å². The molecule has 12 rings (SSSR count). The second-order valence-electron chi connectivity index (χ2n) is 27.5. The Morgan fingerprint density at radius 3 is 1.69 bits per heavy atom. The maximum Gasteiger partial charge on any atom is 0.264 e. The molecule has 12 atom stereocenters. The molecule has 8 aliphatic rings. The Kier molecular flexibility index (Phi) is 15.9. The summed E-state index contributed by atoms with van der Waals surface area (Å²) >= 11 is 13.3. The van der Waals surface area contributed by atoms with Crippen LogP contribution in [0.1, 0.15) is 174 Å². The summed E-state index contributed by atoms with van der Waals surface area (Å²) in [5.74, 6) is -0.501. The zero-order valence-corrected chi connectivity index (χ0v) is 52.8. The summed E-state index contributed by atoms with van der Waals surface area (Å²) in [5.41, 5.74) is 3.62. The van der Waals surface area contributed by atoms with Crippen LogP contribution in [0.3, 0.4) is 0 Å².